The van der Waals surface area contributed by atoms with Crippen LogP contribution in [-0.2, 0) is 0 Å². The standard InChI is InChI=1S/C21H22ClFN4O/c1-13(26-21-17-4-2-14(22)10-19(17)24-12-25-21)18-11-15(23)3-5-20(18)27-8-6-16(28)7-9-27/h2-5,10-13,16,28H,6-9H2,1H3,(H,24,25,26). The zero-order valence-electron chi connectivity index (χ0n) is 15.6. The van der Waals surface area contributed by atoms with Gasteiger partial charge in [0.2, 0.25) is 0 Å². The third-order valence-electron chi connectivity index (χ3n) is 5.21. The molecule has 1 fully saturated rings. The number of hydrogen-bond acceptors (Lipinski definition) is 5. The summed E-state index contributed by atoms with van der Waals surface area (Å²) in [5.41, 5.74) is 2.59. The molecule has 2 aromatic carbocycles. The lowest BCUT2D eigenvalue weighted by Crippen LogP contribution is -2.36. The summed E-state index contributed by atoms with van der Waals surface area (Å²) in [4.78, 5) is 10.8. The van der Waals surface area contributed by atoms with Crippen molar-refractivity contribution in [1.82, 2.24) is 9.97 Å². The highest BCUT2D eigenvalue weighted by molar-refractivity contribution is 6.31. The van der Waals surface area contributed by atoms with E-state index >= 15 is 0 Å². The molecule has 2 heterocycles. The van der Waals surface area contributed by atoms with E-state index in [1.807, 2.05) is 19.1 Å². The maximum atomic E-state index is 14.0. The zero-order chi connectivity index (χ0) is 19.7. The van der Waals surface area contributed by atoms with Crippen molar-refractivity contribution in [3.63, 3.8) is 0 Å². The molecular formula is C21H22ClFN4O. The summed E-state index contributed by atoms with van der Waals surface area (Å²) in [6.45, 7) is 3.49. The van der Waals surface area contributed by atoms with E-state index in [-0.39, 0.29) is 18.0 Å². The number of nitrogens with one attached hydrogen (secondary N) is 1. The molecular weight excluding hydrogens is 379 g/mol. The van der Waals surface area contributed by atoms with E-state index in [2.05, 4.69) is 20.2 Å². The molecule has 5 nitrogen and oxygen atoms in total. The average molecular weight is 401 g/mol. The van der Waals surface area contributed by atoms with E-state index in [1.165, 1.54) is 12.4 Å². The highest BCUT2D eigenvalue weighted by atomic mass is 35.5. The molecule has 0 radical (unpaired) electrons. The van der Waals surface area contributed by atoms with Gasteiger partial charge in [0.05, 0.1) is 17.7 Å². The number of halogens is 2. The van der Waals surface area contributed by atoms with Crippen molar-refractivity contribution in [3.8, 4) is 0 Å². The number of benzene rings is 2. The number of aromatic nitrogens is 2. The van der Waals surface area contributed by atoms with E-state index in [4.69, 9.17) is 11.6 Å². The lowest BCUT2D eigenvalue weighted by molar-refractivity contribution is 0.145. The van der Waals surface area contributed by atoms with E-state index in [0.717, 1.165) is 48.1 Å². The van der Waals surface area contributed by atoms with Gasteiger partial charge < -0.3 is 15.3 Å². The van der Waals surface area contributed by atoms with E-state index in [1.54, 1.807) is 18.2 Å². The SMILES string of the molecule is CC(Nc1ncnc2cc(Cl)ccc12)c1cc(F)ccc1N1CCC(O)CC1. The third-order valence-corrected chi connectivity index (χ3v) is 5.45. The average Bonchev–Trinajstić information content (AvgIpc) is 2.68. The van der Waals surface area contributed by atoms with Crippen LogP contribution in [0.1, 0.15) is 31.4 Å². The molecule has 0 bridgehead atoms. The Morgan fingerprint density at radius 2 is 1.96 bits per heavy atom. The van der Waals surface area contributed by atoms with Crippen molar-refractivity contribution in [2.45, 2.75) is 31.9 Å². The summed E-state index contributed by atoms with van der Waals surface area (Å²) in [5.74, 6) is 0.405. The minimum absolute atomic E-state index is 0.175. The Bertz CT molecular complexity index is 991. The lowest BCUT2D eigenvalue weighted by atomic mass is 10.0. The third kappa shape index (κ3) is 3.88. The Morgan fingerprint density at radius 3 is 2.75 bits per heavy atom. The summed E-state index contributed by atoms with van der Waals surface area (Å²) in [7, 11) is 0. The number of anilines is 2. The van der Waals surface area contributed by atoms with Gasteiger partial charge in [-0.05, 0) is 56.2 Å². The van der Waals surface area contributed by atoms with E-state index in [9.17, 15) is 9.50 Å². The van der Waals surface area contributed by atoms with Gasteiger partial charge in [-0.15, -0.1) is 0 Å². The first-order valence-electron chi connectivity index (χ1n) is 9.40. The van der Waals surface area contributed by atoms with Gasteiger partial charge >= 0.3 is 0 Å². The minimum Gasteiger partial charge on any atom is -0.393 e. The molecule has 2 N–H and O–H groups in total. The van der Waals surface area contributed by atoms with Crippen molar-refractivity contribution in [2.24, 2.45) is 0 Å². The zero-order valence-corrected chi connectivity index (χ0v) is 16.3. The number of aliphatic hydroxyl groups excluding tert-OH is 1. The van der Waals surface area contributed by atoms with Gasteiger partial charge in [0.15, 0.2) is 0 Å². The molecule has 1 atom stereocenters. The van der Waals surface area contributed by atoms with Crippen LogP contribution < -0.4 is 10.2 Å². The first-order chi connectivity index (χ1) is 13.5. The predicted molar refractivity (Wildman–Crippen MR) is 110 cm³/mol. The Balaban J connectivity index is 1.65. The number of rotatable bonds is 4. The Morgan fingerprint density at radius 1 is 1.18 bits per heavy atom. The van der Waals surface area contributed by atoms with Crippen LogP contribution in [0.15, 0.2) is 42.7 Å². The predicted octanol–water partition coefficient (Wildman–Crippen LogP) is 4.56. The van der Waals surface area contributed by atoms with Crippen LogP contribution in [-0.4, -0.2) is 34.3 Å². The summed E-state index contributed by atoms with van der Waals surface area (Å²) in [6, 6.07) is 10.2. The lowest BCUT2D eigenvalue weighted by Gasteiger charge is -2.34. The molecule has 0 saturated carbocycles. The molecule has 146 valence electrons. The largest absolute Gasteiger partial charge is 0.393 e. The first-order valence-corrected chi connectivity index (χ1v) is 9.78. The monoisotopic (exact) mass is 400 g/mol. The molecule has 28 heavy (non-hydrogen) atoms. The van der Waals surface area contributed by atoms with Crippen molar-refractivity contribution in [3.05, 3.63) is 59.1 Å². The number of aliphatic hydroxyl groups is 1. The van der Waals surface area contributed by atoms with Gasteiger partial charge in [-0.2, -0.15) is 0 Å². The van der Waals surface area contributed by atoms with Crippen LogP contribution >= 0.6 is 11.6 Å². The van der Waals surface area contributed by atoms with Gasteiger partial charge in [0.25, 0.3) is 0 Å². The second-order valence-corrected chi connectivity index (χ2v) is 7.61. The molecule has 1 unspecified atom stereocenters. The molecule has 0 spiro atoms. The fraction of sp³-hybridized carbons (Fsp3) is 0.333. The highest BCUT2D eigenvalue weighted by Gasteiger charge is 2.22. The number of hydrogen-bond donors (Lipinski definition) is 2. The fourth-order valence-corrected chi connectivity index (χ4v) is 3.86. The number of piperidine rings is 1. The van der Waals surface area contributed by atoms with Crippen molar-refractivity contribution in [2.75, 3.05) is 23.3 Å². The van der Waals surface area contributed by atoms with E-state index in [0.29, 0.717) is 10.8 Å². The highest BCUT2D eigenvalue weighted by Crippen LogP contribution is 2.32. The summed E-state index contributed by atoms with van der Waals surface area (Å²) < 4.78 is 14.0. The quantitative estimate of drug-likeness (QED) is 0.672. The van der Waals surface area contributed by atoms with Gasteiger partial charge in [0, 0.05) is 34.7 Å². The Kier molecular flexibility index (Phi) is 5.33. The van der Waals surface area contributed by atoms with Gasteiger partial charge in [0.1, 0.15) is 18.0 Å². The van der Waals surface area contributed by atoms with Crippen LogP contribution in [0, 0.1) is 5.82 Å². The molecule has 1 saturated heterocycles. The summed E-state index contributed by atoms with van der Waals surface area (Å²) in [6.07, 6.45) is 2.67. The summed E-state index contributed by atoms with van der Waals surface area (Å²) >= 11 is 6.06. The molecule has 0 aliphatic carbocycles. The molecule has 0 amide bonds. The summed E-state index contributed by atoms with van der Waals surface area (Å²) in [5, 5.41) is 14.7. The van der Waals surface area contributed by atoms with Crippen LogP contribution in [0.5, 0.6) is 0 Å². The maximum absolute atomic E-state index is 14.0. The van der Waals surface area contributed by atoms with Crippen LogP contribution in [0.2, 0.25) is 5.02 Å². The molecule has 7 heteroatoms. The Hall–Kier alpha value is -2.44. The van der Waals surface area contributed by atoms with E-state index < -0.39 is 0 Å². The topological polar surface area (TPSA) is 61.3 Å². The van der Waals surface area contributed by atoms with Crippen LogP contribution in [0.4, 0.5) is 15.9 Å². The maximum Gasteiger partial charge on any atom is 0.137 e. The normalized spacial score (nSPS) is 16.4. The molecule has 4 rings (SSSR count). The van der Waals surface area contributed by atoms with Crippen molar-refractivity contribution >= 4 is 34.0 Å². The minimum atomic E-state index is -0.274. The molecule has 3 aromatic rings. The second-order valence-electron chi connectivity index (χ2n) is 7.17. The van der Waals surface area contributed by atoms with Gasteiger partial charge in [-0.1, -0.05) is 11.6 Å². The molecule has 1 aliphatic rings. The van der Waals surface area contributed by atoms with Gasteiger partial charge in [-0.25, -0.2) is 14.4 Å². The smallest absolute Gasteiger partial charge is 0.137 e. The van der Waals surface area contributed by atoms with Crippen molar-refractivity contribution < 1.29 is 9.50 Å². The van der Waals surface area contributed by atoms with Gasteiger partial charge in [-0.3, -0.25) is 0 Å². The molecule has 1 aromatic heterocycles. The number of fused-ring (bicyclic) bond motifs is 1. The van der Waals surface area contributed by atoms with Crippen molar-refractivity contribution in [1.29, 1.82) is 0 Å². The van der Waals surface area contributed by atoms with Crippen LogP contribution in [0.3, 0.4) is 0 Å². The van der Waals surface area contributed by atoms with Crippen LogP contribution in [0.25, 0.3) is 10.9 Å². The Labute approximate surface area is 168 Å². The molecule has 1 aliphatic heterocycles. The fourth-order valence-electron chi connectivity index (χ4n) is 3.69. The number of nitrogens with zero attached hydrogens (tertiary/aromatic N) is 3. The second kappa shape index (κ2) is 7.89. The first kappa shape index (κ1) is 18.9.